The highest BCUT2D eigenvalue weighted by molar-refractivity contribution is 8.13. The summed E-state index contributed by atoms with van der Waals surface area (Å²) in [5, 5.41) is 9.12. The maximum Gasteiger partial charge on any atom is 0.416 e. The number of alkyl halides is 3. The molecule has 1 unspecified atom stereocenters. The number of amidine groups is 1. The number of allylic oxidation sites excluding steroid dienone is 1. The molecule has 0 bridgehead atoms. The molecule has 1 atom stereocenters. The van der Waals surface area contributed by atoms with Gasteiger partial charge in [-0.15, -0.1) is 0 Å². The Labute approximate surface area is 233 Å². The minimum atomic E-state index is -4.46. The predicted octanol–water partition coefficient (Wildman–Crippen LogP) is 7.11. The van der Waals surface area contributed by atoms with Crippen LogP contribution in [0.2, 0.25) is 0 Å². The number of rotatable bonds is 5. The number of anilines is 3. The number of carbonyl (C=O) groups excluding carboxylic acids is 2. The third-order valence-electron chi connectivity index (χ3n) is 6.47. The van der Waals surface area contributed by atoms with E-state index in [4.69, 9.17) is 4.99 Å². The molecule has 2 heterocycles. The maximum absolute atomic E-state index is 13.6. The SMILES string of the molecule is CC1=C(C(=O)Nc2ccccc2)C(c2cccc(NC(=O)Nc3ccc(C(F)(F)F)cc3)c2)N2CCCSC2=N1. The quantitative estimate of drug-likeness (QED) is 0.308. The first-order valence-corrected chi connectivity index (χ1v) is 13.6. The number of nitrogens with one attached hydrogen (secondary N) is 3. The van der Waals surface area contributed by atoms with Crippen molar-refractivity contribution in [2.45, 2.75) is 25.6 Å². The van der Waals surface area contributed by atoms with Gasteiger partial charge in [-0.3, -0.25) is 4.79 Å². The largest absolute Gasteiger partial charge is 0.416 e. The Morgan fingerprint density at radius 1 is 0.900 bits per heavy atom. The fourth-order valence-corrected chi connectivity index (χ4v) is 5.67. The first kappa shape index (κ1) is 27.3. The van der Waals surface area contributed by atoms with E-state index in [0.29, 0.717) is 22.6 Å². The third kappa shape index (κ3) is 6.15. The Hall–Kier alpha value is -4.25. The lowest BCUT2D eigenvalue weighted by atomic mass is 9.93. The van der Waals surface area contributed by atoms with Crippen molar-refractivity contribution >= 4 is 45.9 Å². The van der Waals surface area contributed by atoms with E-state index in [9.17, 15) is 22.8 Å². The molecule has 3 amide bonds. The number of benzene rings is 3. The van der Waals surface area contributed by atoms with Crippen molar-refractivity contribution in [2.75, 3.05) is 28.2 Å². The summed E-state index contributed by atoms with van der Waals surface area (Å²) in [4.78, 5) is 33.1. The zero-order valence-electron chi connectivity index (χ0n) is 21.5. The predicted molar refractivity (Wildman–Crippen MR) is 152 cm³/mol. The zero-order chi connectivity index (χ0) is 28.3. The lowest BCUT2D eigenvalue weighted by molar-refractivity contribution is -0.137. The second-order valence-corrected chi connectivity index (χ2v) is 10.4. The molecule has 3 aromatic carbocycles. The van der Waals surface area contributed by atoms with Gasteiger partial charge in [0.2, 0.25) is 0 Å². The summed E-state index contributed by atoms with van der Waals surface area (Å²) in [6, 6.07) is 19.6. The average molecular weight is 566 g/mol. The third-order valence-corrected chi connectivity index (χ3v) is 7.54. The molecule has 3 aromatic rings. The van der Waals surface area contributed by atoms with Crippen LogP contribution >= 0.6 is 11.8 Å². The van der Waals surface area contributed by atoms with Crippen LogP contribution in [0.4, 0.5) is 35.0 Å². The highest BCUT2D eigenvalue weighted by Crippen LogP contribution is 2.40. The van der Waals surface area contributed by atoms with Gasteiger partial charge in [0.05, 0.1) is 22.9 Å². The standard InChI is InChI=1S/C29H26F3N5O2S/c1-18-24(26(38)34-21-8-3-2-4-9-21)25(37-15-6-16-40-28(37)33-18)19-7-5-10-23(17-19)36-27(39)35-22-13-11-20(12-14-22)29(30,31)32/h2-5,7-14,17,25H,6,15-16H2,1H3,(H,34,38)(H2,35,36,39). The lowest BCUT2D eigenvalue weighted by Crippen LogP contribution is -2.43. The van der Waals surface area contributed by atoms with Gasteiger partial charge in [-0.2, -0.15) is 13.2 Å². The Bertz CT molecular complexity index is 1470. The van der Waals surface area contributed by atoms with E-state index in [1.165, 1.54) is 12.1 Å². The van der Waals surface area contributed by atoms with E-state index < -0.39 is 23.8 Å². The molecule has 11 heteroatoms. The molecule has 0 spiro atoms. The smallest absolute Gasteiger partial charge is 0.340 e. The second-order valence-electron chi connectivity index (χ2n) is 9.29. The van der Waals surface area contributed by atoms with Gasteiger partial charge in [0.15, 0.2) is 5.17 Å². The molecular weight excluding hydrogens is 539 g/mol. The fraction of sp³-hybridized carbons (Fsp3) is 0.207. The zero-order valence-corrected chi connectivity index (χ0v) is 22.3. The van der Waals surface area contributed by atoms with Crippen LogP contribution in [0.1, 0.15) is 30.5 Å². The van der Waals surface area contributed by atoms with Crippen molar-refractivity contribution in [3.8, 4) is 0 Å². The van der Waals surface area contributed by atoms with Crippen molar-refractivity contribution in [1.82, 2.24) is 4.90 Å². The van der Waals surface area contributed by atoms with Crippen LogP contribution in [0.3, 0.4) is 0 Å². The Morgan fingerprint density at radius 2 is 1.57 bits per heavy atom. The molecule has 1 fully saturated rings. The van der Waals surface area contributed by atoms with Crippen molar-refractivity contribution in [3.63, 3.8) is 0 Å². The van der Waals surface area contributed by atoms with E-state index in [0.717, 1.165) is 41.6 Å². The van der Waals surface area contributed by atoms with Gasteiger partial charge in [-0.05, 0) is 67.4 Å². The molecule has 1 saturated heterocycles. The van der Waals surface area contributed by atoms with Crippen molar-refractivity contribution < 1.29 is 22.8 Å². The number of para-hydroxylation sites is 1. The highest BCUT2D eigenvalue weighted by Gasteiger charge is 2.37. The molecule has 0 saturated carbocycles. The van der Waals surface area contributed by atoms with Gasteiger partial charge in [-0.1, -0.05) is 42.1 Å². The summed E-state index contributed by atoms with van der Waals surface area (Å²) in [6.45, 7) is 2.55. The van der Waals surface area contributed by atoms with Gasteiger partial charge in [0, 0.05) is 29.4 Å². The van der Waals surface area contributed by atoms with Crippen LogP contribution in [-0.2, 0) is 11.0 Å². The molecule has 5 rings (SSSR count). The number of urea groups is 1. The summed E-state index contributed by atoms with van der Waals surface area (Å²) in [6.07, 6.45) is -3.53. The lowest BCUT2D eigenvalue weighted by Gasteiger charge is -2.41. The molecule has 0 radical (unpaired) electrons. The molecule has 7 nitrogen and oxygen atoms in total. The van der Waals surface area contributed by atoms with E-state index in [1.54, 1.807) is 30.0 Å². The summed E-state index contributed by atoms with van der Waals surface area (Å²) in [5.74, 6) is 0.678. The number of amides is 3. The van der Waals surface area contributed by atoms with E-state index in [1.807, 2.05) is 43.3 Å². The number of hydrogen-bond acceptors (Lipinski definition) is 5. The normalized spacial score (nSPS) is 17.1. The van der Waals surface area contributed by atoms with Gasteiger partial charge >= 0.3 is 12.2 Å². The summed E-state index contributed by atoms with van der Waals surface area (Å²) in [7, 11) is 0. The van der Waals surface area contributed by atoms with Crippen molar-refractivity contribution in [1.29, 1.82) is 0 Å². The summed E-state index contributed by atoms with van der Waals surface area (Å²) < 4.78 is 38.5. The van der Waals surface area contributed by atoms with E-state index in [2.05, 4.69) is 20.9 Å². The van der Waals surface area contributed by atoms with E-state index >= 15 is 0 Å². The maximum atomic E-state index is 13.6. The second kappa shape index (κ2) is 11.5. The Kier molecular flexibility index (Phi) is 7.83. The number of thioether (sulfide) groups is 1. The first-order valence-electron chi connectivity index (χ1n) is 12.6. The molecule has 0 aromatic heterocycles. The Balaban J connectivity index is 1.38. The minimum absolute atomic E-state index is 0.221. The monoisotopic (exact) mass is 565 g/mol. The van der Waals surface area contributed by atoms with Crippen molar-refractivity contribution in [3.05, 3.63) is 101 Å². The highest BCUT2D eigenvalue weighted by atomic mass is 32.2. The van der Waals surface area contributed by atoms with Crippen LogP contribution < -0.4 is 16.0 Å². The van der Waals surface area contributed by atoms with Crippen LogP contribution in [-0.4, -0.2) is 34.3 Å². The molecular formula is C29H26F3N5O2S. The fourth-order valence-electron chi connectivity index (χ4n) is 4.65. The van der Waals surface area contributed by atoms with Crippen molar-refractivity contribution in [2.24, 2.45) is 4.99 Å². The van der Waals surface area contributed by atoms with Gasteiger partial charge in [-0.25, -0.2) is 9.79 Å². The topological polar surface area (TPSA) is 85.8 Å². The van der Waals surface area contributed by atoms with E-state index in [-0.39, 0.29) is 11.6 Å². The molecule has 206 valence electrons. The molecule has 2 aliphatic heterocycles. The molecule has 40 heavy (non-hydrogen) atoms. The van der Waals surface area contributed by atoms with Gasteiger partial charge < -0.3 is 20.9 Å². The number of fused-ring (bicyclic) bond motifs is 1. The Morgan fingerprint density at radius 3 is 2.30 bits per heavy atom. The van der Waals surface area contributed by atoms with Gasteiger partial charge in [0.1, 0.15) is 0 Å². The molecule has 0 aliphatic carbocycles. The van der Waals surface area contributed by atoms with Gasteiger partial charge in [0.25, 0.3) is 5.91 Å². The van der Waals surface area contributed by atoms with Crippen LogP contribution in [0.5, 0.6) is 0 Å². The van der Waals surface area contributed by atoms with Crippen LogP contribution in [0.25, 0.3) is 0 Å². The summed E-state index contributed by atoms with van der Waals surface area (Å²) in [5.41, 5.74) is 2.49. The number of hydrogen-bond donors (Lipinski definition) is 3. The average Bonchev–Trinajstić information content (AvgIpc) is 2.92. The number of halogens is 3. The number of carbonyl (C=O) groups is 2. The first-order chi connectivity index (χ1) is 19.2. The summed E-state index contributed by atoms with van der Waals surface area (Å²) >= 11 is 1.65. The number of aliphatic imine (C=N–C) groups is 1. The van der Waals surface area contributed by atoms with Crippen LogP contribution in [0, 0.1) is 0 Å². The molecule has 3 N–H and O–H groups in total. The minimum Gasteiger partial charge on any atom is -0.340 e. The van der Waals surface area contributed by atoms with Crippen LogP contribution in [0.15, 0.2) is 95.1 Å². The number of nitrogens with zero attached hydrogens (tertiary/aromatic N) is 2. The molecule has 2 aliphatic rings.